The molecule has 19 heavy (non-hydrogen) atoms. The number of nitrogens with one attached hydrogen (secondary N) is 1. The van der Waals surface area contributed by atoms with Crippen molar-refractivity contribution < 1.29 is 4.79 Å². The molecule has 2 aromatic rings. The Morgan fingerprint density at radius 1 is 1.11 bits per heavy atom. The zero-order valence-electron chi connectivity index (χ0n) is 10.8. The highest BCUT2D eigenvalue weighted by Crippen LogP contribution is 2.11. The smallest absolute Gasteiger partial charge is 0.251 e. The second kappa shape index (κ2) is 6.70. The van der Waals surface area contributed by atoms with Gasteiger partial charge in [-0.15, -0.1) is 0 Å². The number of carbonyl (C=O) groups is 1. The summed E-state index contributed by atoms with van der Waals surface area (Å²) in [7, 11) is 0. The third kappa shape index (κ3) is 3.80. The van der Waals surface area contributed by atoms with Crippen LogP contribution in [0.25, 0.3) is 0 Å². The van der Waals surface area contributed by atoms with Gasteiger partial charge in [-0.05, 0) is 58.3 Å². The van der Waals surface area contributed by atoms with E-state index in [0.29, 0.717) is 12.1 Å². The van der Waals surface area contributed by atoms with Crippen LogP contribution in [-0.4, -0.2) is 5.91 Å². The predicted molar refractivity (Wildman–Crippen MR) is 86.1 cm³/mol. The van der Waals surface area contributed by atoms with Crippen LogP contribution in [0, 0.1) is 3.57 Å². The lowest BCUT2D eigenvalue weighted by molar-refractivity contribution is 0.0951. The Bertz CT molecular complexity index is 580. The van der Waals surface area contributed by atoms with Crippen molar-refractivity contribution in [3.05, 3.63) is 68.8 Å². The van der Waals surface area contributed by atoms with Gasteiger partial charge in [0.1, 0.15) is 0 Å². The Hall–Kier alpha value is -1.36. The van der Waals surface area contributed by atoms with Gasteiger partial charge in [-0.3, -0.25) is 4.79 Å². The zero-order valence-corrected chi connectivity index (χ0v) is 13.0. The number of hydrogen-bond acceptors (Lipinski definition) is 1. The molecule has 0 aromatic heterocycles. The van der Waals surface area contributed by atoms with Gasteiger partial charge in [-0.1, -0.05) is 37.3 Å². The summed E-state index contributed by atoms with van der Waals surface area (Å²) in [4.78, 5) is 12.1. The third-order valence-electron chi connectivity index (χ3n) is 3.03. The average molecular weight is 365 g/mol. The molecule has 0 aliphatic carbocycles. The van der Waals surface area contributed by atoms with E-state index in [-0.39, 0.29) is 5.91 Å². The van der Waals surface area contributed by atoms with Crippen molar-refractivity contribution in [2.45, 2.75) is 19.9 Å². The maximum Gasteiger partial charge on any atom is 0.251 e. The fourth-order valence-corrected chi connectivity index (χ4v) is 2.53. The molecular formula is C16H16INO. The molecule has 0 aliphatic rings. The van der Waals surface area contributed by atoms with Gasteiger partial charge in [0.05, 0.1) is 0 Å². The summed E-state index contributed by atoms with van der Waals surface area (Å²) < 4.78 is 1.07. The Morgan fingerprint density at radius 3 is 2.53 bits per heavy atom. The van der Waals surface area contributed by atoms with Crippen LogP contribution in [0.3, 0.4) is 0 Å². The second-order valence-electron chi connectivity index (χ2n) is 4.32. The summed E-state index contributed by atoms with van der Waals surface area (Å²) in [5, 5.41) is 2.97. The van der Waals surface area contributed by atoms with Gasteiger partial charge in [0.15, 0.2) is 0 Å². The van der Waals surface area contributed by atoms with Crippen LogP contribution in [0.2, 0.25) is 0 Å². The minimum Gasteiger partial charge on any atom is -0.348 e. The number of amides is 1. The van der Waals surface area contributed by atoms with Crippen molar-refractivity contribution in [1.82, 2.24) is 5.32 Å². The van der Waals surface area contributed by atoms with Crippen molar-refractivity contribution in [2.75, 3.05) is 0 Å². The third-order valence-corrected chi connectivity index (χ3v) is 3.70. The number of rotatable bonds is 4. The first-order chi connectivity index (χ1) is 9.20. The molecule has 2 rings (SSSR count). The first-order valence-electron chi connectivity index (χ1n) is 6.31. The highest BCUT2D eigenvalue weighted by Gasteiger charge is 2.06. The van der Waals surface area contributed by atoms with Gasteiger partial charge in [-0.25, -0.2) is 0 Å². The highest BCUT2D eigenvalue weighted by molar-refractivity contribution is 14.1. The minimum absolute atomic E-state index is 0.0237. The summed E-state index contributed by atoms with van der Waals surface area (Å²) in [6.45, 7) is 2.70. The monoisotopic (exact) mass is 365 g/mol. The van der Waals surface area contributed by atoms with Crippen LogP contribution in [-0.2, 0) is 13.0 Å². The van der Waals surface area contributed by atoms with E-state index in [9.17, 15) is 4.79 Å². The SMILES string of the molecule is CCc1ccccc1CNC(=O)c1cccc(I)c1. The number of aryl methyl sites for hydroxylation is 1. The number of hydrogen-bond donors (Lipinski definition) is 1. The standard InChI is InChI=1S/C16H16INO/c1-2-12-6-3-4-7-14(12)11-18-16(19)13-8-5-9-15(17)10-13/h3-10H,2,11H2,1H3,(H,18,19). The molecule has 0 saturated heterocycles. The van der Waals surface area contributed by atoms with E-state index in [2.05, 4.69) is 47.0 Å². The Labute approximate surface area is 127 Å². The Balaban J connectivity index is 2.04. The van der Waals surface area contributed by atoms with Gasteiger partial charge in [-0.2, -0.15) is 0 Å². The molecule has 0 bridgehead atoms. The number of carbonyl (C=O) groups excluding carboxylic acids is 1. The van der Waals surface area contributed by atoms with E-state index in [1.165, 1.54) is 11.1 Å². The van der Waals surface area contributed by atoms with Crippen LogP contribution in [0.15, 0.2) is 48.5 Å². The van der Waals surface area contributed by atoms with E-state index in [0.717, 1.165) is 9.99 Å². The zero-order chi connectivity index (χ0) is 13.7. The van der Waals surface area contributed by atoms with Crippen LogP contribution in [0.1, 0.15) is 28.4 Å². The average Bonchev–Trinajstić information content (AvgIpc) is 2.45. The molecule has 0 unspecified atom stereocenters. The lowest BCUT2D eigenvalue weighted by Gasteiger charge is -2.09. The summed E-state index contributed by atoms with van der Waals surface area (Å²) in [5.74, 6) is -0.0237. The van der Waals surface area contributed by atoms with Gasteiger partial charge < -0.3 is 5.32 Å². The Morgan fingerprint density at radius 2 is 1.84 bits per heavy atom. The molecule has 98 valence electrons. The minimum atomic E-state index is -0.0237. The first kappa shape index (κ1) is 14.1. The molecular weight excluding hydrogens is 349 g/mol. The highest BCUT2D eigenvalue weighted by atomic mass is 127. The van der Waals surface area contributed by atoms with Gasteiger partial charge in [0, 0.05) is 15.7 Å². The fourth-order valence-electron chi connectivity index (χ4n) is 1.98. The first-order valence-corrected chi connectivity index (χ1v) is 7.39. The molecule has 0 spiro atoms. The molecule has 1 N–H and O–H groups in total. The number of benzene rings is 2. The van der Waals surface area contributed by atoms with E-state index in [1.807, 2.05) is 36.4 Å². The summed E-state index contributed by atoms with van der Waals surface area (Å²) in [6, 6.07) is 15.8. The molecule has 0 atom stereocenters. The molecule has 0 fully saturated rings. The number of halogens is 1. The van der Waals surface area contributed by atoms with Crippen molar-refractivity contribution in [1.29, 1.82) is 0 Å². The quantitative estimate of drug-likeness (QED) is 0.821. The van der Waals surface area contributed by atoms with Crippen molar-refractivity contribution in [3.63, 3.8) is 0 Å². The van der Waals surface area contributed by atoms with Gasteiger partial charge in [0.25, 0.3) is 5.91 Å². The summed E-state index contributed by atoms with van der Waals surface area (Å²) in [6.07, 6.45) is 0.981. The molecule has 3 heteroatoms. The molecule has 0 heterocycles. The lowest BCUT2D eigenvalue weighted by atomic mass is 10.1. The second-order valence-corrected chi connectivity index (χ2v) is 5.56. The summed E-state index contributed by atoms with van der Waals surface area (Å²) >= 11 is 2.21. The van der Waals surface area contributed by atoms with Crippen molar-refractivity contribution in [2.24, 2.45) is 0 Å². The lowest BCUT2D eigenvalue weighted by Crippen LogP contribution is -2.23. The van der Waals surface area contributed by atoms with Gasteiger partial charge in [0.2, 0.25) is 0 Å². The van der Waals surface area contributed by atoms with E-state index in [1.54, 1.807) is 0 Å². The Kier molecular flexibility index (Phi) is 4.96. The van der Waals surface area contributed by atoms with Crippen LogP contribution in [0.5, 0.6) is 0 Å². The van der Waals surface area contributed by atoms with E-state index in [4.69, 9.17) is 0 Å². The molecule has 2 nitrogen and oxygen atoms in total. The van der Waals surface area contributed by atoms with Crippen LogP contribution < -0.4 is 5.32 Å². The fraction of sp³-hybridized carbons (Fsp3) is 0.188. The van der Waals surface area contributed by atoms with Gasteiger partial charge >= 0.3 is 0 Å². The van der Waals surface area contributed by atoms with Crippen molar-refractivity contribution >= 4 is 28.5 Å². The normalized spacial score (nSPS) is 10.2. The van der Waals surface area contributed by atoms with Crippen molar-refractivity contribution in [3.8, 4) is 0 Å². The molecule has 0 aliphatic heterocycles. The summed E-state index contributed by atoms with van der Waals surface area (Å²) in [5.41, 5.74) is 3.18. The molecule has 2 aromatic carbocycles. The molecule has 0 radical (unpaired) electrons. The maximum atomic E-state index is 12.1. The molecule has 1 amide bonds. The topological polar surface area (TPSA) is 29.1 Å². The maximum absolute atomic E-state index is 12.1. The van der Waals surface area contributed by atoms with Crippen LogP contribution >= 0.6 is 22.6 Å². The van der Waals surface area contributed by atoms with E-state index >= 15 is 0 Å². The molecule has 0 saturated carbocycles. The largest absolute Gasteiger partial charge is 0.348 e. The van der Waals surface area contributed by atoms with E-state index < -0.39 is 0 Å². The van der Waals surface area contributed by atoms with Crippen LogP contribution in [0.4, 0.5) is 0 Å². The predicted octanol–water partition coefficient (Wildman–Crippen LogP) is 3.78.